The van der Waals surface area contributed by atoms with Gasteiger partial charge in [0, 0.05) is 17.8 Å². The van der Waals surface area contributed by atoms with E-state index in [1.165, 1.54) is 24.9 Å². The van der Waals surface area contributed by atoms with Crippen molar-refractivity contribution in [3.8, 4) is 0 Å². The number of halogens is 2. The van der Waals surface area contributed by atoms with E-state index in [1.807, 2.05) is 12.1 Å². The number of likely N-dealkylation sites (tertiary alicyclic amines) is 1. The highest BCUT2D eigenvalue weighted by Gasteiger charge is 2.18. The lowest BCUT2D eigenvalue weighted by Crippen LogP contribution is -2.30. The van der Waals surface area contributed by atoms with E-state index in [0.717, 1.165) is 12.2 Å². The molecule has 2 aromatic carbocycles. The summed E-state index contributed by atoms with van der Waals surface area (Å²) in [5.74, 6) is 0.377. The molecule has 1 aliphatic heterocycles. The molecule has 1 amide bonds. The van der Waals surface area contributed by atoms with E-state index in [9.17, 15) is 4.79 Å². The van der Waals surface area contributed by atoms with Gasteiger partial charge in [0.15, 0.2) is 0 Å². The SMILES string of the molecule is CN1CCC[C@@H](c2ccc(NC(=O)c3ccc(Cl)c(Cl)c3)cc2)C1. The molecule has 1 fully saturated rings. The van der Waals surface area contributed by atoms with Gasteiger partial charge in [0.2, 0.25) is 0 Å². The van der Waals surface area contributed by atoms with Crippen molar-refractivity contribution in [3.63, 3.8) is 0 Å². The third-order valence-electron chi connectivity index (χ3n) is 4.45. The first-order valence-corrected chi connectivity index (χ1v) is 8.83. The van der Waals surface area contributed by atoms with Gasteiger partial charge in [0.1, 0.15) is 0 Å². The standard InChI is InChI=1S/C19H20Cl2N2O/c1-23-10-2-3-15(12-23)13-4-7-16(8-5-13)22-19(24)14-6-9-17(20)18(21)11-14/h4-9,11,15H,2-3,10,12H2,1H3,(H,22,24)/t15-/m1/s1. The fraction of sp³-hybridized carbons (Fsp3) is 0.316. The first-order valence-electron chi connectivity index (χ1n) is 8.08. The Balaban J connectivity index is 1.67. The zero-order chi connectivity index (χ0) is 17.1. The van der Waals surface area contributed by atoms with Crippen LogP contribution >= 0.6 is 23.2 Å². The smallest absolute Gasteiger partial charge is 0.255 e. The Bertz CT molecular complexity index is 731. The van der Waals surface area contributed by atoms with Crippen LogP contribution in [0.25, 0.3) is 0 Å². The van der Waals surface area contributed by atoms with Crippen molar-refractivity contribution in [1.82, 2.24) is 4.90 Å². The normalized spacial score (nSPS) is 18.4. The maximum absolute atomic E-state index is 12.3. The number of carbonyl (C=O) groups excluding carboxylic acids is 1. The maximum atomic E-state index is 12.3. The molecule has 24 heavy (non-hydrogen) atoms. The van der Waals surface area contributed by atoms with Crippen LogP contribution in [0.4, 0.5) is 5.69 Å². The maximum Gasteiger partial charge on any atom is 0.255 e. The Morgan fingerprint density at radius 2 is 1.88 bits per heavy atom. The number of nitrogens with zero attached hydrogens (tertiary/aromatic N) is 1. The molecule has 5 heteroatoms. The Morgan fingerprint density at radius 3 is 2.54 bits per heavy atom. The average molecular weight is 363 g/mol. The Kier molecular flexibility index (Phi) is 5.44. The van der Waals surface area contributed by atoms with Gasteiger partial charge in [-0.1, -0.05) is 35.3 Å². The molecule has 1 N–H and O–H groups in total. The van der Waals surface area contributed by atoms with Crippen molar-refractivity contribution in [2.24, 2.45) is 0 Å². The molecule has 0 spiro atoms. The Morgan fingerprint density at radius 1 is 1.12 bits per heavy atom. The van der Waals surface area contributed by atoms with Gasteiger partial charge in [-0.15, -0.1) is 0 Å². The lowest BCUT2D eigenvalue weighted by Gasteiger charge is -2.30. The fourth-order valence-electron chi connectivity index (χ4n) is 3.12. The second-order valence-electron chi connectivity index (χ2n) is 6.31. The topological polar surface area (TPSA) is 32.3 Å². The summed E-state index contributed by atoms with van der Waals surface area (Å²) in [6.07, 6.45) is 2.45. The Hall–Kier alpha value is -1.55. The van der Waals surface area contributed by atoms with E-state index in [2.05, 4.69) is 29.4 Å². The van der Waals surface area contributed by atoms with Crippen molar-refractivity contribution >= 4 is 34.8 Å². The number of anilines is 1. The van der Waals surface area contributed by atoms with Gasteiger partial charge in [0.05, 0.1) is 10.0 Å². The van der Waals surface area contributed by atoms with Gasteiger partial charge in [-0.2, -0.15) is 0 Å². The van der Waals surface area contributed by atoms with Crippen LogP contribution in [-0.2, 0) is 0 Å². The molecule has 1 heterocycles. The van der Waals surface area contributed by atoms with E-state index in [4.69, 9.17) is 23.2 Å². The summed E-state index contributed by atoms with van der Waals surface area (Å²) in [5, 5.41) is 3.71. The fourth-order valence-corrected chi connectivity index (χ4v) is 3.42. The van der Waals surface area contributed by atoms with Crippen molar-refractivity contribution in [1.29, 1.82) is 0 Å². The summed E-state index contributed by atoms with van der Waals surface area (Å²) in [6.45, 7) is 2.27. The number of hydrogen-bond donors (Lipinski definition) is 1. The van der Waals surface area contributed by atoms with Crippen LogP contribution in [-0.4, -0.2) is 30.9 Å². The van der Waals surface area contributed by atoms with E-state index >= 15 is 0 Å². The van der Waals surface area contributed by atoms with Crippen LogP contribution in [0.3, 0.4) is 0 Å². The number of carbonyl (C=O) groups is 1. The number of amides is 1. The predicted molar refractivity (Wildman–Crippen MR) is 100 cm³/mol. The molecule has 2 aromatic rings. The molecule has 0 aliphatic carbocycles. The van der Waals surface area contributed by atoms with Gasteiger partial charge in [-0.3, -0.25) is 4.79 Å². The van der Waals surface area contributed by atoms with Crippen LogP contribution in [0.5, 0.6) is 0 Å². The first kappa shape index (κ1) is 17.3. The number of hydrogen-bond acceptors (Lipinski definition) is 2. The van der Waals surface area contributed by atoms with Crippen molar-refractivity contribution in [2.75, 3.05) is 25.5 Å². The summed E-state index contributed by atoms with van der Waals surface area (Å²) in [6, 6.07) is 13.0. The van der Waals surface area contributed by atoms with Gasteiger partial charge in [-0.25, -0.2) is 0 Å². The number of likely N-dealkylation sites (N-methyl/N-ethyl adjacent to an activating group) is 1. The van der Waals surface area contributed by atoms with E-state index in [1.54, 1.807) is 18.2 Å². The van der Waals surface area contributed by atoms with Gasteiger partial charge >= 0.3 is 0 Å². The Labute approximate surface area is 152 Å². The van der Waals surface area contributed by atoms with E-state index in [-0.39, 0.29) is 5.91 Å². The van der Waals surface area contributed by atoms with Crippen LogP contribution in [0.2, 0.25) is 10.0 Å². The highest BCUT2D eigenvalue weighted by atomic mass is 35.5. The van der Waals surface area contributed by atoms with Gasteiger partial charge in [0.25, 0.3) is 5.91 Å². The molecule has 1 aliphatic rings. The molecular weight excluding hydrogens is 343 g/mol. The lowest BCUT2D eigenvalue weighted by atomic mass is 9.91. The molecule has 3 nitrogen and oxygen atoms in total. The van der Waals surface area contributed by atoms with E-state index < -0.39 is 0 Å². The van der Waals surface area contributed by atoms with Crippen LogP contribution in [0.1, 0.15) is 34.7 Å². The predicted octanol–water partition coefficient (Wildman–Crippen LogP) is 5.05. The molecule has 126 valence electrons. The van der Waals surface area contributed by atoms with Crippen molar-refractivity contribution in [3.05, 3.63) is 63.6 Å². The minimum absolute atomic E-state index is 0.196. The van der Waals surface area contributed by atoms with Crippen LogP contribution < -0.4 is 5.32 Å². The summed E-state index contributed by atoms with van der Waals surface area (Å²) in [4.78, 5) is 14.7. The summed E-state index contributed by atoms with van der Waals surface area (Å²) in [7, 11) is 2.16. The number of rotatable bonds is 3. The molecule has 1 atom stereocenters. The number of nitrogens with one attached hydrogen (secondary N) is 1. The number of piperidine rings is 1. The van der Waals surface area contributed by atoms with Crippen molar-refractivity contribution < 1.29 is 4.79 Å². The molecule has 0 aromatic heterocycles. The minimum Gasteiger partial charge on any atom is -0.322 e. The second-order valence-corrected chi connectivity index (χ2v) is 7.12. The van der Waals surface area contributed by atoms with Gasteiger partial charge < -0.3 is 10.2 Å². The highest BCUT2D eigenvalue weighted by Crippen LogP contribution is 2.27. The third-order valence-corrected chi connectivity index (χ3v) is 5.19. The van der Waals surface area contributed by atoms with Crippen LogP contribution in [0, 0.1) is 0 Å². The highest BCUT2D eigenvalue weighted by molar-refractivity contribution is 6.42. The monoisotopic (exact) mass is 362 g/mol. The second kappa shape index (κ2) is 7.56. The van der Waals surface area contributed by atoms with E-state index in [0.29, 0.717) is 21.5 Å². The number of benzene rings is 2. The molecular formula is C19H20Cl2N2O. The molecule has 1 saturated heterocycles. The summed E-state index contributed by atoms with van der Waals surface area (Å²) in [5.41, 5.74) is 2.59. The zero-order valence-corrected chi connectivity index (χ0v) is 15.1. The quantitative estimate of drug-likeness (QED) is 0.827. The van der Waals surface area contributed by atoms with Gasteiger partial charge in [-0.05, 0) is 68.2 Å². The molecule has 0 unspecified atom stereocenters. The average Bonchev–Trinajstić information content (AvgIpc) is 2.58. The van der Waals surface area contributed by atoms with Crippen LogP contribution in [0.15, 0.2) is 42.5 Å². The summed E-state index contributed by atoms with van der Waals surface area (Å²) < 4.78 is 0. The summed E-state index contributed by atoms with van der Waals surface area (Å²) >= 11 is 11.8. The minimum atomic E-state index is -0.196. The third kappa shape index (κ3) is 4.10. The molecule has 0 bridgehead atoms. The molecule has 3 rings (SSSR count). The largest absolute Gasteiger partial charge is 0.322 e. The van der Waals surface area contributed by atoms with Crippen molar-refractivity contribution in [2.45, 2.75) is 18.8 Å². The first-order chi connectivity index (χ1) is 11.5. The zero-order valence-electron chi connectivity index (χ0n) is 13.6. The molecule has 0 radical (unpaired) electrons. The lowest BCUT2D eigenvalue weighted by molar-refractivity contribution is 0.102. The molecule has 0 saturated carbocycles.